The smallest absolute Gasteiger partial charge is 0.290 e. The number of benzene rings is 1. The van der Waals surface area contributed by atoms with Crippen molar-refractivity contribution in [3.8, 4) is 5.75 Å². The monoisotopic (exact) mass is 364 g/mol. The summed E-state index contributed by atoms with van der Waals surface area (Å²) in [6.45, 7) is -0.338. The maximum absolute atomic E-state index is 10.6. The van der Waals surface area contributed by atoms with Crippen molar-refractivity contribution in [1.29, 1.82) is 0 Å². The first-order valence-corrected chi connectivity index (χ1v) is 3.23. The van der Waals surface area contributed by atoms with Gasteiger partial charge < -0.3 is 21.4 Å². The van der Waals surface area contributed by atoms with Crippen molar-refractivity contribution >= 4 is 5.97 Å². The Morgan fingerprint density at radius 2 is 1.60 bits per heavy atom. The topological polar surface area (TPSA) is 113 Å². The van der Waals surface area contributed by atoms with Crippen LogP contribution in [0.5, 0.6) is 5.75 Å². The summed E-state index contributed by atoms with van der Waals surface area (Å²) in [5.74, 6) is -0.0408. The van der Waals surface area contributed by atoms with Crippen molar-refractivity contribution in [3.05, 3.63) is 36.1 Å². The normalized spacial score (nSPS) is 6.73. The van der Waals surface area contributed by atoms with E-state index in [4.69, 9.17) is 10.5 Å². The average Bonchev–Trinajstić information content (AvgIpc) is 2.06. The molecular weight excluding hydrogens is 352 g/mol. The second-order valence-corrected chi connectivity index (χ2v) is 1.96. The Labute approximate surface area is 139 Å². The van der Waals surface area contributed by atoms with E-state index in [1.165, 1.54) is 0 Å². The van der Waals surface area contributed by atoms with Crippen molar-refractivity contribution in [2.24, 2.45) is 0 Å². The van der Waals surface area contributed by atoms with Gasteiger partial charge in [-0.25, -0.2) is 0 Å². The van der Waals surface area contributed by atoms with Crippen LogP contribution in [0, 0.1) is 0 Å². The number of hydrogen-bond acceptors (Lipinski definition) is 2. The molecule has 0 atom stereocenters. The van der Waals surface area contributed by atoms with Crippen LogP contribution in [0.2, 0.25) is 0 Å². The maximum Gasteiger partial charge on any atom is 0.290 e. The minimum atomic E-state index is -0.531. The predicted molar refractivity (Wildman–Crippen MR) is 48.5 cm³/mol. The molecule has 0 amide bonds. The second-order valence-electron chi connectivity index (χ2n) is 1.96. The van der Waals surface area contributed by atoms with Crippen LogP contribution in [-0.4, -0.2) is 23.5 Å². The van der Waals surface area contributed by atoms with Crippen LogP contribution in [0.1, 0.15) is 0 Å². The summed E-state index contributed by atoms with van der Waals surface area (Å²) in [4.78, 5) is 10.6. The van der Waals surface area contributed by atoms with E-state index in [1.807, 2.05) is 6.07 Å². The summed E-state index contributed by atoms with van der Waals surface area (Å²) in [7, 11) is 0. The molecule has 80 valence electrons. The van der Waals surface area contributed by atoms with Gasteiger partial charge in [0, 0.05) is 65.4 Å². The quantitative estimate of drug-likeness (QED) is 0.543. The summed E-state index contributed by atoms with van der Waals surface area (Å²) < 4.78 is 4.74. The van der Waals surface area contributed by atoms with Gasteiger partial charge in [0.1, 0.15) is 5.75 Å². The van der Waals surface area contributed by atoms with Crippen LogP contribution in [0.3, 0.4) is 0 Å². The van der Waals surface area contributed by atoms with Gasteiger partial charge in [0.05, 0.1) is 0 Å². The first kappa shape index (κ1) is 24.8. The molecule has 0 heterocycles. The molecule has 0 saturated heterocycles. The molecule has 0 aromatic heterocycles. The molecule has 1 aromatic carbocycles. The van der Waals surface area contributed by atoms with Gasteiger partial charge in [-0.15, -0.1) is 0 Å². The molecule has 0 aliphatic rings. The molecule has 0 aliphatic carbocycles. The Morgan fingerprint density at radius 3 is 2.00 bits per heavy atom. The van der Waals surface area contributed by atoms with Crippen molar-refractivity contribution in [2.75, 3.05) is 6.54 Å². The van der Waals surface area contributed by atoms with Crippen LogP contribution >= 0.6 is 0 Å². The second kappa shape index (κ2) is 14.8. The SMILES string of the molecule is O.O.[NH-]CC(=O)Oc1ccccc1.[Y].[Y]. The summed E-state index contributed by atoms with van der Waals surface area (Å²) >= 11 is 0. The summed E-state index contributed by atoms with van der Waals surface area (Å²) in [6, 6.07) is 8.72. The van der Waals surface area contributed by atoms with Crippen molar-refractivity contribution in [3.63, 3.8) is 0 Å². The van der Waals surface area contributed by atoms with Gasteiger partial charge in [0.2, 0.25) is 0 Å². The number of para-hydroxylation sites is 1. The summed E-state index contributed by atoms with van der Waals surface area (Å²) in [5, 5.41) is 0. The number of ether oxygens (including phenoxy) is 1. The van der Waals surface area contributed by atoms with E-state index >= 15 is 0 Å². The van der Waals surface area contributed by atoms with E-state index in [1.54, 1.807) is 24.3 Å². The Bertz CT molecular complexity index is 246. The van der Waals surface area contributed by atoms with E-state index in [-0.39, 0.29) is 82.9 Å². The van der Waals surface area contributed by atoms with Crippen molar-refractivity contribution in [1.82, 2.24) is 0 Å². The average molecular weight is 364 g/mol. The molecule has 0 aliphatic heterocycles. The molecule has 0 bridgehead atoms. The number of rotatable bonds is 2. The molecule has 1 rings (SSSR count). The fourth-order valence-electron chi connectivity index (χ4n) is 0.656. The third-order valence-corrected chi connectivity index (χ3v) is 1.12. The molecule has 0 saturated carbocycles. The molecule has 15 heavy (non-hydrogen) atoms. The number of hydrogen-bond donors (Lipinski definition) is 0. The fourth-order valence-corrected chi connectivity index (χ4v) is 0.656. The Morgan fingerprint density at radius 1 is 1.13 bits per heavy atom. The van der Waals surface area contributed by atoms with Gasteiger partial charge in [0.25, 0.3) is 5.97 Å². The number of nitrogens with one attached hydrogen (secondary N) is 1. The van der Waals surface area contributed by atoms with Crippen LogP contribution in [0.15, 0.2) is 30.3 Å². The molecule has 5 nitrogen and oxygen atoms in total. The van der Waals surface area contributed by atoms with E-state index < -0.39 is 5.97 Å². The first-order chi connectivity index (χ1) is 5.33. The van der Waals surface area contributed by atoms with Crippen molar-refractivity contribution in [2.45, 2.75) is 0 Å². The largest absolute Gasteiger partial charge is 0.668 e. The van der Waals surface area contributed by atoms with Gasteiger partial charge in [0.15, 0.2) is 0 Å². The zero-order valence-corrected chi connectivity index (χ0v) is 13.7. The molecule has 7 heteroatoms. The zero-order valence-electron chi connectivity index (χ0n) is 8.07. The molecule has 0 fully saturated rings. The Hall–Kier alpha value is 0.778. The van der Waals surface area contributed by atoms with E-state index in [9.17, 15) is 4.79 Å². The molecule has 0 spiro atoms. The predicted octanol–water partition coefficient (Wildman–Crippen LogP) is -0.0102. The van der Waals surface area contributed by atoms with Gasteiger partial charge in [-0.2, -0.15) is 0 Å². The zero-order chi connectivity index (χ0) is 8.10. The first-order valence-electron chi connectivity index (χ1n) is 3.23. The number of esters is 1. The molecule has 1 aromatic rings. The molecule has 5 N–H and O–H groups in total. The molecule has 0 unspecified atom stereocenters. The van der Waals surface area contributed by atoms with Crippen LogP contribution in [-0.2, 0) is 70.2 Å². The minimum absolute atomic E-state index is 0. The van der Waals surface area contributed by atoms with Gasteiger partial charge in [-0.3, -0.25) is 4.79 Å². The standard InChI is InChI=1S/C8H8NO2.2H2O.2Y/c9-6-8(10)11-7-4-2-1-3-5-7;;;;/h1-5,9H,6H2;2*1H2;;/q-1;;;;. The molecular formula is C8H12NO4Y2-. The molecule has 2 radical (unpaired) electrons. The Kier molecular flexibility index (Phi) is 24.5. The van der Waals surface area contributed by atoms with Gasteiger partial charge >= 0.3 is 0 Å². The van der Waals surface area contributed by atoms with Crippen molar-refractivity contribution < 1.29 is 85.9 Å². The third kappa shape index (κ3) is 11.0. The van der Waals surface area contributed by atoms with E-state index in [0.29, 0.717) is 5.75 Å². The minimum Gasteiger partial charge on any atom is -0.668 e. The third-order valence-electron chi connectivity index (χ3n) is 1.12. The maximum atomic E-state index is 10.6. The Balaban J connectivity index is -0.000000151. The van der Waals surface area contributed by atoms with E-state index in [2.05, 4.69) is 0 Å². The van der Waals surface area contributed by atoms with Crippen LogP contribution < -0.4 is 4.74 Å². The fraction of sp³-hybridized carbons (Fsp3) is 0.125. The van der Waals surface area contributed by atoms with Crippen LogP contribution in [0.4, 0.5) is 0 Å². The number of carbonyl (C=O) groups excluding carboxylic acids is 1. The van der Waals surface area contributed by atoms with Gasteiger partial charge in [-0.1, -0.05) is 18.2 Å². The van der Waals surface area contributed by atoms with Gasteiger partial charge in [-0.05, 0) is 18.7 Å². The summed E-state index contributed by atoms with van der Waals surface area (Å²) in [6.07, 6.45) is 0. The van der Waals surface area contributed by atoms with E-state index in [0.717, 1.165) is 0 Å². The van der Waals surface area contributed by atoms with Crippen LogP contribution in [0.25, 0.3) is 5.73 Å². The number of carbonyl (C=O) groups is 1. The summed E-state index contributed by atoms with van der Waals surface area (Å²) in [5.41, 5.74) is 6.68.